The number of thioether (sulfide) groups is 1. The summed E-state index contributed by atoms with van der Waals surface area (Å²) in [5, 5.41) is 11.4. The Bertz CT molecular complexity index is 790. The van der Waals surface area contributed by atoms with Crippen LogP contribution >= 0.6 is 11.8 Å². The lowest BCUT2D eigenvalue weighted by Gasteiger charge is -2.25. The molecule has 0 saturated carbocycles. The minimum absolute atomic E-state index is 0.0922. The maximum absolute atomic E-state index is 12.1. The highest BCUT2D eigenvalue weighted by atomic mass is 32.2. The number of aliphatic hydroxyl groups is 1. The number of nitrogens with zero attached hydrogens (tertiary/aromatic N) is 2. The summed E-state index contributed by atoms with van der Waals surface area (Å²) in [6, 6.07) is 17.1. The summed E-state index contributed by atoms with van der Waals surface area (Å²) in [6.07, 6.45) is 0. The zero-order valence-electron chi connectivity index (χ0n) is 11.9. The van der Waals surface area contributed by atoms with E-state index in [2.05, 4.69) is 4.99 Å². The van der Waals surface area contributed by atoms with Crippen LogP contribution in [-0.4, -0.2) is 21.4 Å². The standard InChI is InChI=1S/C17H14N2O2S/c1-11(20)19-14-10-6-5-9-13(14)17(21)16(19)22-15(18-17)12-7-3-2-4-8-12/h2-10,16,21H,1H3/t16-,17+/m0/s1. The van der Waals surface area contributed by atoms with E-state index in [-0.39, 0.29) is 5.91 Å². The Morgan fingerprint density at radius 2 is 1.86 bits per heavy atom. The van der Waals surface area contributed by atoms with Crippen LogP contribution in [0.5, 0.6) is 0 Å². The van der Waals surface area contributed by atoms with Gasteiger partial charge in [0, 0.05) is 18.1 Å². The zero-order chi connectivity index (χ0) is 15.3. The molecule has 2 heterocycles. The van der Waals surface area contributed by atoms with Crippen molar-refractivity contribution in [3.05, 3.63) is 65.7 Å². The van der Waals surface area contributed by atoms with Crippen molar-refractivity contribution in [3.8, 4) is 0 Å². The third-order valence-electron chi connectivity index (χ3n) is 3.99. The summed E-state index contributed by atoms with van der Waals surface area (Å²) in [6.45, 7) is 1.52. The minimum Gasteiger partial charge on any atom is -0.363 e. The van der Waals surface area contributed by atoms with E-state index >= 15 is 0 Å². The van der Waals surface area contributed by atoms with Crippen LogP contribution in [0.15, 0.2) is 59.6 Å². The lowest BCUT2D eigenvalue weighted by atomic mass is 10.1. The SMILES string of the molecule is CC(=O)N1c2ccccc2[C@]2(O)N=C(c3ccccc3)S[C@H]12. The zero-order valence-corrected chi connectivity index (χ0v) is 12.7. The van der Waals surface area contributed by atoms with Crippen molar-refractivity contribution in [2.75, 3.05) is 4.90 Å². The molecule has 0 spiro atoms. The maximum Gasteiger partial charge on any atom is 0.225 e. The smallest absolute Gasteiger partial charge is 0.225 e. The van der Waals surface area contributed by atoms with Crippen LogP contribution in [0.2, 0.25) is 0 Å². The number of hydrogen-bond acceptors (Lipinski definition) is 4. The summed E-state index contributed by atoms with van der Waals surface area (Å²) in [5.41, 5.74) is 1.01. The lowest BCUT2D eigenvalue weighted by Crippen LogP contribution is -2.41. The van der Waals surface area contributed by atoms with E-state index in [1.165, 1.54) is 18.7 Å². The van der Waals surface area contributed by atoms with Crippen molar-refractivity contribution in [2.45, 2.75) is 18.0 Å². The van der Waals surface area contributed by atoms with Crippen LogP contribution in [0.1, 0.15) is 18.1 Å². The molecule has 4 nitrogen and oxygen atoms in total. The van der Waals surface area contributed by atoms with Crippen LogP contribution in [-0.2, 0) is 10.5 Å². The van der Waals surface area contributed by atoms with Gasteiger partial charge in [0.25, 0.3) is 0 Å². The average Bonchev–Trinajstić information content (AvgIpc) is 2.98. The van der Waals surface area contributed by atoms with Gasteiger partial charge in [0.05, 0.1) is 5.69 Å². The summed E-state index contributed by atoms with van der Waals surface area (Å²) in [7, 11) is 0. The van der Waals surface area contributed by atoms with Gasteiger partial charge >= 0.3 is 0 Å². The maximum atomic E-state index is 12.1. The molecule has 2 aromatic rings. The summed E-state index contributed by atoms with van der Waals surface area (Å²) >= 11 is 1.43. The van der Waals surface area contributed by atoms with E-state index in [0.717, 1.165) is 16.3 Å². The van der Waals surface area contributed by atoms with Gasteiger partial charge in [-0.15, -0.1) is 0 Å². The Morgan fingerprint density at radius 1 is 1.18 bits per heavy atom. The molecule has 22 heavy (non-hydrogen) atoms. The van der Waals surface area contributed by atoms with E-state index in [1.54, 1.807) is 4.90 Å². The molecule has 2 atom stereocenters. The molecule has 5 heteroatoms. The normalized spacial score (nSPS) is 25.6. The van der Waals surface area contributed by atoms with Crippen molar-refractivity contribution in [1.29, 1.82) is 0 Å². The fourth-order valence-electron chi connectivity index (χ4n) is 3.02. The summed E-state index contributed by atoms with van der Waals surface area (Å²) < 4.78 is 0. The molecule has 1 N–H and O–H groups in total. The van der Waals surface area contributed by atoms with Crippen molar-refractivity contribution < 1.29 is 9.90 Å². The average molecular weight is 310 g/mol. The van der Waals surface area contributed by atoms with Crippen LogP contribution in [0.3, 0.4) is 0 Å². The highest BCUT2D eigenvalue weighted by Crippen LogP contribution is 2.53. The van der Waals surface area contributed by atoms with Crippen molar-refractivity contribution in [2.24, 2.45) is 4.99 Å². The van der Waals surface area contributed by atoms with Crippen LogP contribution in [0.25, 0.3) is 0 Å². The van der Waals surface area contributed by atoms with E-state index in [9.17, 15) is 9.90 Å². The van der Waals surface area contributed by atoms with Gasteiger partial charge in [-0.3, -0.25) is 9.69 Å². The molecule has 1 amide bonds. The van der Waals surface area contributed by atoms with Crippen LogP contribution in [0, 0.1) is 0 Å². The Kier molecular flexibility index (Phi) is 2.89. The predicted octanol–water partition coefficient (Wildman–Crippen LogP) is 2.72. The number of hydrogen-bond donors (Lipinski definition) is 1. The first-order valence-corrected chi connectivity index (χ1v) is 7.93. The van der Waals surface area contributed by atoms with E-state index in [4.69, 9.17) is 0 Å². The molecule has 0 saturated heterocycles. The van der Waals surface area contributed by atoms with Crippen LogP contribution in [0.4, 0.5) is 5.69 Å². The Balaban J connectivity index is 1.86. The first-order valence-electron chi connectivity index (χ1n) is 7.05. The second-order valence-electron chi connectivity index (χ2n) is 5.39. The summed E-state index contributed by atoms with van der Waals surface area (Å²) in [4.78, 5) is 18.3. The molecule has 0 radical (unpaired) electrons. The molecule has 0 bridgehead atoms. The van der Waals surface area contributed by atoms with E-state index in [0.29, 0.717) is 5.56 Å². The van der Waals surface area contributed by atoms with Crippen LogP contribution < -0.4 is 4.90 Å². The largest absolute Gasteiger partial charge is 0.363 e. The minimum atomic E-state index is -1.38. The fourth-order valence-corrected chi connectivity index (χ4v) is 4.41. The van der Waals surface area contributed by atoms with Gasteiger partial charge in [-0.05, 0) is 6.07 Å². The second-order valence-corrected chi connectivity index (χ2v) is 6.45. The Labute approximate surface area is 132 Å². The first kappa shape index (κ1) is 13.5. The number of para-hydroxylation sites is 1. The highest BCUT2D eigenvalue weighted by molar-refractivity contribution is 8.15. The van der Waals surface area contributed by atoms with Gasteiger partial charge in [0.15, 0.2) is 0 Å². The number of carbonyl (C=O) groups is 1. The molecule has 0 fully saturated rings. The van der Waals surface area contributed by atoms with Gasteiger partial charge in [0.1, 0.15) is 10.4 Å². The van der Waals surface area contributed by atoms with Gasteiger partial charge in [-0.1, -0.05) is 60.3 Å². The van der Waals surface area contributed by atoms with Crippen molar-refractivity contribution in [1.82, 2.24) is 0 Å². The molecule has 0 unspecified atom stereocenters. The number of rotatable bonds is 1. The molecule has 110 valence electrons. The third kappa shape index (κ3) is 1.76. The van der Waals surface area contributed by atoms with Gasteiger partial charge < -0.3 is 5.11 Å². The van der Waals surface area contributed by atoms with Crippen molar-refractivity contribution >= 4 is 28.4 Å². The first-order chi connectivity index (χ1) is 10.6. The van der Waals surface area contributed by atoms with Gasteiger partial charge in [0.2, 0.25) is 11.6 Å². The highest BCUT2D eigenvalue weighted by Gasteiger charge is 2.56. The van der Waals surface area contributed by atoms with Gasteiger partial charge in [-0.25, -0.2) is 4.99 Å². The van der Waals surface area contributed by atoms with Crippen molar-refractivity contribution in [3.63, 3.8) is 0 Å². The number of benzene rings is 2. The Hall–Kier alpha value is -2.11. The molecule has 4 rings (SSSR count). The molecule has 2 aliphatic rings. The number of aliphatic imine (C=N–C) groups is 1. The molecule has 2 aliphatic heterocycles. The molecular formula is C17H14N2O2S. The summed E-state index contributed by atoms with van der Waals surface area (Å²) in [5.74, 6) is -0.0922. The Morgan fingerprint density at radius 3 is 2.59 bits per heavy atom. The molecule has 0 aromatic heterocycles. The number of carbonyl (C=O) groups excluding carboxylic acids is 1. The predicted molar refractivity (Wildman–Crippen MR) is 87.9 cm³/mol. The quantitative estimate of drug-likeness (QED) is 0.881. The lowest BCUT2D eigenvalue weighted by molar-refractivity contribution is -0.117. The number of fused-ring (bicyclic) bond motifs is 3. The second kappa shape index (κ2) is 4.69. The third-order valence-corrected chi connectivity index (χ3v) is 5.31. The van der Waals surface area contributed by atoms with E-state index in [1.807, 2.05) is 54.6 Å². The topological polar surface area (TPSA) is 52.9 Å². The monoisotopic (exact) mass is 310 g/mol. The fraction of sp³-hybridized carbons (Fsp3) is 0.176. The molecular weight excluding hydrogens is 296 g/mol. The van der Waals surface area contributed by atoms with E-state index < -0.39 is 11.1 Å². The molecule has 2 aromatic carbocycles. The number of anilines is 1. The van der Waals surface area contributed by atoms with Gasteiger partial charge in [-0.2, -0.15) is 0 Å². The number of amides is 1. The molecule has 0 aliphatic carbocycles.